The van der Waals surface area contributed by atoms with Gasteiger partial charge in [0.25, 0.3) is 0 Å². The van der Waals surface area contributed by atoms with Gasteiger partial charge in [-0.15, -0.1) is 11.3 Å². The lowest BCUT2D eigenvalue weighted by atomic mass is 10.1. The number of carboxylic acids is 1. The molecule has 1 fully saturated rings. The molecular weight excluding hydrogens is 252 g/mol. The fourth-order valence-corrected chi connectivity index (χ4v) is 2.84. The van der Waals surface area contributed by atoms with E-state index < -0.39 is 11.9 Å². The molecule has 0 radical (unpaired) electrons. The maximum atomic E-state index is 11.8. The third-order valence-corrected chi connectivity index (χ3v) is 3.89. The average molecular weight is 262 g/mol. The molecule has 2 aromatic rings. The van der Waals surface area contributed by atoms with Crippen LogP contribution in [0.25, 0.3) is 10.2 Å². The Kier molecular flexibility index (Phi) is 2.52. The summed E-state index contributed by atoms with van der Waals surface area (Å²) in [6.07, 6.45) is 0.0794. The largest absolute Gasteiger partial charge is 0.481 e. The van der Waals surface area contributed by atoms with Gasteiger partial charge in [-0.05, 0) is 18.2 Å². The lowest BCUT2D eigenvalue weighted by molar-refractivity contribution is -0.141. The predicted molar refractivity (Wildman–Crippen MR) is 67.7 cm³/mol. The SMILES string of the molecule is O=C(O)C1CC(=O)N(c2ccc3ncsc3c2)C1. The lowest BCUT2D eigenvalue weighted by Gasteiger charge is -2.15. The fourth-order valence-electron chi connectivity index (χ4n) is 2.13. The molecule has 3 rings (SSSR count). The number of anilines is 1. The normalized spacial score (nSPS) is 19.7. The second-order valence-corrected chi connectivity index (χ2v) is 5.13. The number of rotatable bonds is 2. The van der Waals surface area contributed by atoms with Crippen LogP contribution in [0.2, 0.25) is 0 Å². The standard InChI is InChI=1S/C12H10N2O3S/c15-11-3-7(12(16)17)5-14(11)8-1-2-9-10(4-8)18-6-13-9/h1-2,4,6-7H,3,5H2,(H,16,17). The number of hydrogen-bond acceptors (Lipinski definition) is 4. The minimum atomic E-state index is -0.912. The van der Waals surface area contributed by atoms with Crippen molar-refractivity contribution in [2.45, 2.75) is 6.42 Å². The molecule has 1 saturated heterocycles. The quantitative estimate of drug-likeness (QED) is 0.894. The number of aromatic nitrogens is 1. The second kappa shape index (κ2) is 4.06. The van der Waals surface area contributed by atoms with E-state index in [1.807, 2.05) is 18.2 Å². The van der Waals surface area contributed by atoms with Crippen molar-refractivity contribution in [3.63, 3.8) is 0 Å². The molecule has 1 N–H and O–H groups in total. The van der Waals surface area contributed by atoms with Gasteiger partial charge in [0, 0.05) is 18.7 Å². The molecule has 0 aliphatic carbocycles. The Bertz CT molecular complexity index is 637. The summed E-state index contributed by atoms with van der Waals surface area (Å²) in [6.45, 7) is 0.248. The lowest BCUT2D eigenvalue weighted by Crippen LogP contribution is -2.25. The molecular formula is C12H10N2O3S. The first-order chi connectivity index (χ1) is 8.65. The van der Waals surface area contributed by atoms with Gasteiger partial charge in [0.2, 0.25) is 5.91 Å². The van der Waals surface area contributed by atoms with Crippen LogP contribution in [0.4, 0.5) is 5.69 Å². The smallest absolute Gasteiger partial charge is 0.308 e. The van der Waals surface area contributed by atoms with Crippen molar-refractivity contribution in [3.8, 4) is 0 Å². The zero-order valence-electron chi connectivity index (χ0n) is 9.37. The maximum Gasteiger partial charge on any atom is 0.308 e. The van der Waals surface area contributed by atoms with Crippen molar-refractivity contribution in [1.29, 1.82) is 0 Å². The Labute approximate surface area is 107 Å². The zero-order valence-corrected chi connectivity index (χ0v) is 10.2. The summed E-state index contributed by atoms with van der Waals surface area (Å²) in [5.74, 6) is -1.65. The molecule has 0 spiro atoms. The number of thiazole rings is 1. The predicted octanol–water partition coefficient (Wildman–Crippen LogP) is 1.73. The van der Waals surface area contributed by atoms with Gasteiger partial charge in [-0.25, -0.2) is 4.98 Å². The van der Waals surface area contributed by atoms with Gasteiger partial charge in [-0.2, -0.15) is 0 Å². The highest BCUT2D eigenvalue weighted by Crippen LogP contribution is 2.29. The van der Waals surface area contributed by atoms with Gasteiger partial charge in [-0.3, -0.25) is 9.59 Å². The molecule has 1 unspecified atom stereocenters. The summed E-state index contributed by atoms with van der Waals surface area (Å²) < 4.78 is 0.999. The van der Waals surface area contributed by atoms with Crippen LogP contribution < -0.4 is 4.90 Å². The highest BCUT2D eigenvalue weighted by Gasteiger charge is 2.35. The van der Waals surface area contributed by atoms with Crippen LogP contribution in [0.15, 0.2) is 23.7 Å². The Morgan fingerprint density at radius 2 is 2.33 bits per heavy atom. The Morgan fingerprint density at radius 3 is 3.06 bits per heavy atom. The Morgan fingerprint density at radius 1 is 1.50 bits per heavy atom. The van der Waals surface area contributed by atoms with E-state index in [2.05, 4.69) is 4.98 Å². The summed E-state index contributed by atoms with van der Waals surface area (Å²) in [6, 6.07) is 5.54. The number of fused-ring (bicyclic) bond motifs is 1. The van der Waals surface area contributed by atoms with Gasteiger partial charge < -0.3 is 10.0 Å². The highest BCUT2D eigenvalue weighted by atomic mass is 32.1. The molecule has 1 aliphatic heterocycles. The summed E-state index contributed by atoms with van der Waals surface area (Å²) in [4.78, 5) is 28.4. The number of nitrogens with zero attached hydrogens (tertiary/aromatic N) is 2. The van der Waals surface area contributed by atoms with E-state index in [4.69, 9.17) is 5.11 Å². The number of carboxylic acid groups (broad SMARTS) is 1. The summed E-state index contributed by atoms with van der Waals surface area (Å²) >= 11 is 1.50. The number of carbonyl (C=O) groups excluding carboxylic acids is 1. The van der Waals surface area contributed by atoms with E-state index in [0.717, 1.165) is 15.9 Å². The van der Waals surface area contributed by atoms with Crippen molar-refractivity contribution in [2.24, 2.45) is 5.92 Å². The zero-order chi connectivity index (χ0) is 12.7. The van der Waals surface area contributed by atoms with E-state index in [0.29, 0.717) is 0 Å². The molecule has 92 valence electrons. The van der Waals surface area contributed by atoms with E-state index in [1.54, 1.807) is 5.51 Å². The van der Waals surface area contributed by atoms with Crippen molar-refractivity contribution in [1.82, 2.24) is 4.98 Å². The topological polar surface area (TPSA) is 70.5 Å². The summed E-state index contributed by atoms with van der Waals surface area (Å²) in [7, 11) is 0. The summed E-state index contributed by atoms with van der Waals surface area (Å²) in [5, 5.41) is 8.95. The molecule has 1 atom stereocenters. The van der Waals surface area contributed by atoms with Gasteiger partial charge in [0.15, 0.2) is 0 Å². The van der Waals surface area contributed by atoms with Crippen molar-refractivity contribution in [2.75, 3.05) is 11.4 Å². The van der Waals surface area contributed by atoms with E-state index >= 15 is 0 Å². The summed E-state index contributed by atoms with van der Waals surface area (Å²) in [5.41, 5.74) is 3.39. The van der Waals surface area contributed by atoms with E-state index in [9.17, 15) is 9.59 Å². The van der Waals surface area contributed by atoms with Crippen LogP contribution in [0.3, 0.4) is 0 Å². The van der Waals surface area contributed by atoms with Gasteiger partial charge in [0.05, 0.1) is 21.6 Å². The maximum absolute atomic E-state index is 11.8. The molecule has 1 aromatic heterocycles. The molecule has 2 heterocycles. The molecule has 0 bridgehead atoms. The van der Waals surface area contributed by atoms with Gasteiger partial charge in [-0.1, -0.05) is 0 Å². The number of carbonyl (C=O) groups is 2. The fraction of sp³-hybridized carbons (Fsp3) is 0.250. The van der Waals surface area contributed by atoms with Gasteiger partial charge in [0.1, 0.15) is 0 Å². The third kappa shape index (κ3) is 1.74. The Balaban J connectivity index is 1.94. The van der Waals surface area contributed by atoms with Crippen molar-refractivity contribution >= 4 is 39.1 Å². The first kappa shape index (κ1) is 11.2. The van der Waals surface area contributed by atoms with Gasteiger partial charge >= 0.3 is 5.97 Å². The number of amides is 1. The third-order valence-electron chi connectivity index (χ3n) is 3.10. The Hall–Kier alpha value is -1.95. The number of aliphatic carboxylic acids is 1. The highest BCUT2D eigenvalue weighted by molar-refractivity contribution is 7.16. The molecule has 1 aromatic carbocycles. The molecule has 18 heavy (non-hydrogen) atoms. The second-order valence-electron chi connectivity index (χ2n) is 4.25. The number of benzene rings is 1. The van der Waals surface area contributed by atoms with Crippen LogP contribution in [0.5, 0.6) is 0 Å². The van der Waals surface area contributed by atoms with Crippen LogP contribution in [-0.4, -0.2) is 28.5 Å². The first-order valence-corrected chi connectivity index (χ1v) is 6.39. The van der Waals surface area contributed by atoms with Crippen molar-refractivity contribution in [3.05, 3.63) is 23.7 Å². The van der Waals surface area contributed by atoms with E-state index in [-0.39, 0.29) is 18.9 Å². The average Bonchev–Trinajstić information content (AvgIpc) is 2.93. The van der Waals surface area contributed by atoms with Crippen LogP contribution in [0.1, 0.15) is 6.42 Å². The molecule has 1 amide bonds. The number of hydrogen-bond donors (Lipinski definition) is 1. The first-order valence-electron chi connectivity index (χ1n) is 5.51. The molecule has 1 aliphatic rings. The minimum Gasteiger partial charge on any atom is -0.481 e. The molecule has 5 nitrogen and oxygen atoms in total. The van der Waals surface area contributed by atoms with Crippen LogP contribution in [0, 0.1) is 5.92 Å². The minimum absolute atomic E-state index is 0.0794. The monoisotopic (exact) mass is 262 g/mol. The molecule has 6 heteroatoms. The van der Waals surface area contributed by atoms with Crippen LogP contribution >= 0.6 is 11.3 Å². The van der Waals surface area contributed by atoms with E-state index in [1.165, 1.54) is 16.2 Å². The molecule has 0 saturated carbocycles. The van der Waals surface area contributed by atoms with Crippen molar-refractivity contribution < 1.29 is 14.7 Å². The van der Waals surface area contributed by atoms with Crippen LogP contribution in [-0.2, 0) is 9.59 Å².